The fourth-order valence-electron chi connectivity index (χ4n) is 2.69. The molecule has 5 nitrogen and oxygen atoms in total. The van der Waals surface area contributed by atoms with Gasteiger partial charge in [-0.05, 0) is 17.7 Å². The quantitative estimate of drug-likeness (QED) is 0.859. The van der Waals surface area contributed by atoms with Crippen molar-refractivity contribution in [3.8, 4) is 0 Å². The number of nitrogens with zero attached hydrogens (tertiary/aromatic N) is 2. The summed E-state index contributed by atoms with van der Waals surface area (Å²) in [6.45, 7) is 5.49. The van der Waals surface area contributed by atoms with Gasteiger partial charge in [0, 0.05) is 17.5 Å². The third-order valence-corrected chi connectivity index (χ3v) is 4.17. The van der Waals surface area contributed by atoms with Gasteiger partial charge in [-0.1, -0.05) is 37.6 Å². The van der Waals surface area contributed by atoms with Crippen LogP contribution in [-0.2, 0) is 4.74 Å². The SMILES string of the molecule is CC(C)c1ocnc1C(=O)N1CCO[C@@H](c2ccc(Cl)cc2)C1. The largest absolute Gasteiger partial charge is 0.447 e. The van der Waals surface area contributed by atoms with Crippen molar-refractivity contribution in [3.05, 3.63) is 52.7 Å². The van der Waals surface area contributed by atoms with E-state index in [0.717, 1.165) is 5.56 Å². The summed E-state index contributed by atoms with van der Waals surface area (Å²) in [4.78, 5) is 18.6. The van der Waals surface area contributed by atoms with Gasteiger partial charge in [-0.2, -0.15) is 0 Å². The van der Waals surface area contributed by atoms with Gasteiger partial charge in [0.15, 0.2) is 12.1 Å². The van der Waals surface area contributed by atoms with Gasteiger partial charge in [-0.3, -0.25) is 4.79 Å². The molecule has 0 spiro atoms. The van der Waals surface area contributed by atoms with E-state index >= 15 is 0 Å². The Bertz CT molecular complexity index is 681. The maximum atomic E-state index is 12.7. The Kier molecular flexibility index (Phi) is 4.68. The fourth-order valence-corrected chi connectivity index (χ4v) is 2.81. The fraction of sp³-hybridized carbons (Fsp3) is 0.412. The number of morpholine rings is 1. The number of halogens is 1. The van der Waals surface area contributed by atoms with Crippen molar-refractivity contribution in [1.29, 1.82) is 0 Å². The molecule has 3 rings (SSSR count). The number of rotatable bonds is 3. The number of carbonyl (C=O) groups is 1. The molecular formula is C17H19ClN2O3. The number of carbonyl (C=O) groups excluding carboxylic acids is 1. The number of hydrogen-bond donors (Lipinski definition) is 0. The van der Waals surface area contributed by atoms with Gasteiger partial charge in [0.05, 0.1) is 13.2 Å². The predicted molar refractivity (Wildman–Crippen MR) is 86.6 cm³/mol. The van der Waals surface area contributed by atoms with Gasteiger partial charge in [0.1, 0.15) is 11.9 Å². The van der Waals surface area contributed by atoms with Crippen LogP contribution in [0, 0.1) is 0 Å². The highest BCUT2D eigenvalue weighted by Gasteiger charge is 2.29. The minimum Gasteiger partial charge on any atom is -0.447 e. The van der Waals surface area contributed by atoms with Crippen molar-refractivity contribution in [2.24, 2.45) is 0 Å². The molecule has 122 valence electrons. The van der Waals surface area contributed by atoms with Crippen molar-refractivity contribution in [2.45, 2.75) is 25.9 Å². The van der Waals surface area contributed by atoms with Crippen molar-refractivity contribution in [3.63, 3.8) is 0 Å². The molecule has 1 aromatic heterocycles. The summed E-state index contributed by atoms with van der Waals surface area (Å²) in [5.41, 5.74) is 1.41. The van der Waals surface area contributed by atoms with Crippen LogP contribution >= 0.6 is 11.6 Å². The van der Waals surface area contributed by atoms with E-state index in [1.807, 2.05) is 38.1 Å². The monoisotopic (exact) mass is 334 g/mol. The molecule has 1 aliphatic heterocycles. The Balaban J connectivity index is 1.76. The number of ether oxygens (including phenoxy) is 1. The highest BCUT2D eigenvalue weighted by molar-refractivity contribution is 6.30. The maximum Gasteiger partial charge on any atom is 0.276 e. The smallest absolute Gasteiger partial charge is 0.276 e. The van der Waals surface area contributed by atoms with E-state index in [1.54, 1.807) is 4.90 Å². The Labute approximate surface area is 140 Å². The number of benzene rings is 1. The van der Waals surface area contributed by atoms with Crippen LogP contribution < -0.4 is 0 Å². The third kappa shape index (κ3) is 3.41. The summed E-state index contributed by atoms with van der Waals surface area (Å²) in [6, 6.07) is 7.51. The molecule has 1 aromatic carbocycles. The van der Waals surface area contributed by atoms with Crippen LogP contribution in [0.2, 0.25) is 5.02 Å². The van der Waals surface area contributed by atoms with Crippen LogP contribution in [-0.4, -0.2) is 35.5 Å². The van der Waals surface area contributed by atoms with Gasteiger partial charge in [-0.25, -0.2) is 4.98 Å². The van der Waals surface area contributed by atoms with E-state index in [4.69, 9.17) is 20.8 Å². The normalized spacial score (nSPS) is 18.4. The first kappa shape index (κ1) is 16.0. The van der Waals surface area contributed by atoms with Crippen molar-refractivity contribution >= 4 is 17.5 Å². The van der Waals surface area contributed by atoms with E-state index in [0.29, 0.717) is 36.2 Å². The maximum absolute atomic E-state index is 12.7. The average Bonchev–Trinajstić information content (AvgIpc) is 3.05. The molecule has 1 atom stereocenters. The first-order valence-electron chi connectivity index (χ1n) is 7.66. The van der Waals surface area contributed by atoms with E-state index in [2.05, 4.69) is 4.98 Å². The molecule has 2 aromatic rings. The molecule has 23 heavy (non-hydrogen) atoms. The molecule has 0 unspecified atom stereocenters. The summed E-state index contributed by atoms with van der Waals surface area (Å²) < 4.78 is 11.2. The van der Waals surface area contributed by atoms with Crippen LogP contribution in [0.15, 0.2) is 35.1 Å². The molecule has 0 aliphatic carbocycles. The molecular weight excluding hydrogens is 316 g/mol. The minimum absolute atomic E-state index is 0.107. The van der Waals surface area contributed by atoms with Crippen LogP contribution in [0.1, 0.15) is 47.7 Å². The van der Waals surface area contributed by atoms with Gasteiger partial charge < -0.3 is 14.1 Å². The Morgan fingerprint density at radius 3 is 2.78 bits per heavy atom. The van der Waals surface area contributed by atoms with Crippen molar-refractivity contribution in [1.82, 2.24) is 9.88 Å². The second kappa shape index (κ2) is 6.72. The molecule has 2 heterocycles. The second-order valence-corrected chi connectivity index (χ2v) is 6.32. The number of aromatic nitrogens is 1. The molecule has 1 fully saturated rings. The molecule has 0 saturated carbocycles. The van der Waals surface area contributed by atoms with Gasteiger partial charge in [0.2, 0.25) is 0 Å². The molecule has 1 aliphatic rings. The molecule has 1 saturated heterocycles. The molecule has 1 amide bonds. The van der Waals surface area contributed by atoms with E-state index < -0.39 is 0 Å². The first-order valence-corrected chi connectivity index (χ1v) is 8.03. The number of oxazole rings is 1. The van der Waals surface area contributed by atoms with Gasteiger partial charge in [0.25, 0.3) is 5.91 Å². The Hall–Kier alpha value is -1.85. The molecule has 0 radical (unpaired) electrons. The molecule has 0 bridgehead atoms. The lowest BCUT2D eigenvalue weighted by Crippen LogP contribution is -2.42. The summed E-state index contributed by atoms with van der Waals surface area (Å²) in [6.07, 6.45) is 1.18. The predicted octanol–water partition coefficient (Wildman–Crippen LogP) is 3.67. The second-order valence-electron chi connectivity index (χ2n) is 5.88. The summed E-state index contributed by atoms with van der Waals surface area (Å²) >= 11 is 5.92. The Morgan fingerprint density at radius 1 is 1.35 bits per heavy atom. The van der Waals surface area contributed by atoms with Crippen LogP contribution in [0.4, 0.5) is 0 Å². The van der Waals surface area contributed by atoms with Crippen molar-refractivity contribution < 1.29 is 13.9 Å². The topological polar surface area (TPSA) is 55.6 Å². The zero-order chi connectivity index (χ0) is 16.4. The van der Waals surface area contributed by atoms with Crippen LogP contribution in [0.3, 0.4) is 0 Å². The van der Waals surface area contributed by atoms with Crippen molar-refractivity contribution in [2.75, 3.05) is 19.7 Å². The minimum atomic E-state index is -0.153. The zero-order valence-corrected chi connectivity index (χ0v) is 13.9. The summed E-state index contributed by atoms with van der Waals surface area (Å²) in [5, 5.41) is 0.682. The number of hydrogen-bond acceptors (Lipinski definition) is 4. The van der Waals surface area contributed by atoms with Gasteiger partial charge in [-0.15, -0.1) is 0 Å². The van der Waals surface area contributed by atoms with E-state index in [-0.39, 0.29) is 17.9 Å². The molecule has 0 N–H and O–H groups in total. The third-order valence-electron chi connectivity index (χ3n) is 3.92. The highest BCUT2D eigenvalue weighted by atomic mass is 35.5. The lowest BCUT2D eigenvalue weighted by atomic mass is 10.1. The molecule has 6 heteroatoms. The van der Waals surface area contributed by atoms with Crippen LogP contribution in [0.25, 0.3) is 0 Å². The van der Waals surface area contributed by atoms with Gasteiger partial charge >= 0.3 is 0 Å². The van der Waals surface area contributed by atoms with E-state index in [9.17, 15) is 4.79 Å². The lowest BCUT2D eigenvalue weighted by Gasteiger charge is -2.33. The summed E-state index contributed by atoms with van der Waals surface area (Å²) in [7, 11) is 0. The zero-order valence-electron chi connectivity index (χ0n) is 13.2. The summed E-state index contributed by atoms with van der Waals surface area (Å²) in [5.74, 6) is 0.638. The number of amides is 1. The average molecular weight is 335 g/mol. The lowest BCUT2D eigenvalue weighted by molar-refractivity contribution is -0.0230. The Morgan fingerprint density at radius 2 is 2.09 bits per heavy atom. The van der Waals surface area contributed by atoms with Crippen LogP contribution in [0.5, 0.6) is 0 Å². The highest BCUT2D eigenvalue weighted by Crippen LogP contribution is 2.26. The standard InChI is InChI=1S/C17H19ClN2O3/c1-11(2)16-15(19-10-23-16)17(21)20-7-8-22-14(9-20)12-3-5-13(18)6-4-12/h3-6,10-11,14H,7-9H2,1-2H3/t14-/m1/s1. The van der Waals surface area contributed by atoms with E-state index in [1.165, 1.54) is 6.39 Å². The first-order chi connectivity index (χ1) is 11.1.